The second kappa shape index (κ2) is 6.88. The first-order valence-corrected chi connectivity index (χ1v) is 5.90. The molecule has 0 atom stereocenters. The Morgan fingerprint density at radius 2 is 2.05 bits per heavy atom. The number of esters is 1. The number of hydrogen-bond acceptors (Lipinski definition) is 4. The topological polar surface area (TPSA) is 48.4 Å². The number of carbonyl (C=O) groups excluding carboxylic acids is 1. The molecule has 21 heavy (non-hydrogen) atoms. The van der Waals surface area contributed by atoms with E-state index < -0.39 is 42.5 Å². The predicted molar refractivity (Wildman–Crippen MR) is 61.2 cm³/mol. The van der Waals surface area contributed by atoms with E-state index in [2.05, 4.69) is 14.5 Å². The van der Waals surface area contributed by atoms with Crippen LogP contribution >= 0.6 is 11.6 Å². The second-order valence-corrected chi connectivity index (χ2v) is 3.97. The van der Waals surface area contributed by atoms with E-state index in [1.54, 1.807) is 0 Å². The molecular formula is C11H9ClF5NO3. The molecule has 0 saturated heterocycles. The van der Waals surface area contributed by atoms with E-state index in [4.69, 9.17) is 11.6 Å². The Hall–Kier alpha value is -1.64. The van der Waals surface area contributed by atoms with Gasteiger partial charge in [-0.05, 0) is 0 Å². The first-order chi connectivity index (χ1) is 9.67. The number of halogens is 6. The molecule has 118 valence electrons. The summed E-state index contributed by atoms with van der Waals surface area (Å²) in [5.41, 5.74) is -1.61. The van der Waals surface area contributed by atoms with Crippen molar-refractivity contribution in [3.8, 4) is 5.75 Å². The molecule has 10 heteroatoms. The lowest BCUT2D eigenvalue weighted by Crippen LogP contribution is -2.20. The van der Waals surface area contributed by atoms with Gasteiger partial charge in [-0.3, -0.25) is 9.78 Å². The summed E-state index contributed by atoms with van der Waals surface area (Å²) in [5.74, 6) is -2.28. The van der Waals surface area contributed by atoms with E-state index >= 15 is 0 Å². The summed E-state index contributed by atoms with van der Waals surface area (Å²) in [6, 6.07) is 0.441. The van der Waals surface area contributed by atoms with Gasteiger partial charge in [0, 0.05) is 11.6 Å². The van der Waals surface area contributed by atoms with Crippen molar-refractivity contribution < 1.29 is 36.2 Å². The molecule has 4 nitrogen and oxygen atoms in total. The Morgan fingerprint density at radius 1 is 1.43 bits per heavy atom. The van der Waals surface area contributed by atoms with Gasteiger partial charge in [-0.15, -0.1) is 24.8 Å². The summed E-state index contributed by atoms with van der Waals surface area (Å²) in [5, 5.41) is 0. The molecule has 0 aliphatic carbocycles. The first-order valence-electron chi connectivity index (χ1n) is 5.37. The third kappa shape index (κ3) is 5.00. The molecule has 1 aromatic rings. The fraction of sp³-hybridized carbons (Fsp3) is 0.455. The molecular weight excluding hydrogens is 325 g/mol. The van der Waals surface area contributed by atoms with E-state index in [0.29, 0.717) is 6.07 Å². The highest BCUT2D eigenvalue weighted by molar-refractivity contribution is 6.17. The van der Waals surface area contributed by atoms with E-state index in [0.717, 1.165) is 7.11 Å². The van der Waals surface area contributed by atoms with Crippen LogP contribution in [0.4, 0.5) is 22.0 Å². The maximum absolute atomic E-state index is 12.7. The van der Waals surface area contributed by atoms with Crippen LogP contribution in [0.3, 0.4) is 0 Å². The van der Waals surface area contributed by atoms with Gasteiger partial charge in [-0.1, -0.05) is 0 Å². The molecule has 0 N–H and O–H groups in total. The zero-order chi connectivity index (χ0) is 16.2. The summed E-state index contributed by atoms with van der Waals surface area (Å²) in [7, 11) is 1.03. The molecule has 1 heterocycles. The standard InChI is InChI=1S/C11H9ClF5NO3/c1-20-9(19)3-6-5(4-12)8(21-11(15,16)17)2-7(18-6)10(13)14/h2,10H,3-4H2,1H3. The minimum absolute atomic E-state index is 0.302. The molecule has 0 aliphatic heterocycles. The average molecular weight is 334 g/mol. The number of pyridine rings is 1. The maximum atomic E-state index is 12.7. The smallest absolute Gasteiger partial charge is 0.469 e. The SMILES string of the molecule is COC(=O)Cc1nc(C(F)F)cc(OC(F)(F)F)c1CCl. The van der Waals surface area contributed by atoms with Gasteiger partial charge in [-0.25, -0.2) is 8.78 Å². The van der Waals surface area contributed by atoms with Crippen molar-refractivity contribution in [1.82, 2.24) is 4.98 Å². The van der Waals surface area contributed by atoms with Crippen LogP contribution in [0.15, 0.2) is 6.07 Å². The summed E-state index contributed by atoms with van der Waals surface area (Å²) in [6.07, 6.45) is -8.83. The molecule has 0 aromatic carbocycles. The van der Waals surface area contributed by atoms with Crippen molar-refractivity contribution in [3.63, 3.8) is 0 Å². The summed E-state index contributed by atoms with van der Waals surface area (Å²) in [6.45, 7) is 0. The van der Waals surface area contributed by atoms with Gasteiger partial charge in [0.2, 0.25) is 0 Å². The van der Waals surface area contributed by atoms with Crippen LogP contribution in [0, 0.1) is 0 Å². The van der Waals surface area contributed by atoms with Gasteiger partial charge in [0.1, 0.15) is 11.4 Å². The molecule has 0 bridgehead atoms. The zero-order valence-corrected chi connectivity index (χ0v) is 11.3. The Bertz CT molecular complexity index is 521. The average Bonchev–Trinajstić information content (AvgIpc) is 2.36. The lowest BCUT2D eigenvalue weighted by Gasteiger charge is -2.16. The molecule has 0 spiro atoms. The van der Waals surface area contributed by atoms with Crippen LogP contribution in [-0.2, 0) is 21.8 Å². The zero-order valence-electron chi connectivity index (χ0n) is 10.5. The van der Waals surface area contributed by atoms with Crippen molar-refractivity contribution in [2.75, 3.05) is 7.11 Å². The van der Waals surface area contributed by atoms with Gasteiger partial charge < -0.3 is 9.47 Å². The predicted octanol–water partition coefficient (Wildman–Crippen LogP) is 3.37. The lowest BCUT2D eigenvalue weighted by atomic mass is 10.1. The molecule has 0 amide bonds. The molecule has 1 aromatic heterocycles. The Balaban J connectivity index is 3.35. The molecule has 0 saturated carbocycles. The van der Waals surface area contributed by atoms with Crippen LogP contribution in [0.25, 0.3) is 0 Å². The number of hydrogen-bond donors (Lipinski definition) is 0. The normalized spacial score (nSPS) is 11.6. The number of aromatic nitrogens is 1. The van der Waals surface area contributed by atoms with Crippen molar-refractivity contribution in [1.29, 1.82) is 0 Å². The highest BCUT2D eigenvalue weighted by atomic mass is 35.5. The molecule has 0 unspecified atom stereocenters. The minimum atomic E-state index is -5.09. The van der Waals surface area contributed by atoms with E-state index in [-0.39, 0.29) is 11.3 Å². The number of nitrogens with zero attached hydrogens (tertiary/aromatic N) is 1. The highest BCUT2D eigenvalue weighted by Gasteiger charge is 2.33. The van der Waals surface area contributed by atoms with Crippen LogP contribution < -0.4 is 4.74 Å². The number of alkyl halides is 6. The number of rotatable bonds is 5. The van der Waals surface area contributed by atoms with E-state index in [1.165, 1.54) is 0 Å². The quantitative estimate of drug-likeness (QED) is 0.471. The summed E-state index contributed by atoms with van der Waals surface area (Å²) >= 11 is 5.50. The van der Waals surface area contributed by atoms with Gasteiger partial charge in [0.25, 0.3) is 6.43 Å². The van der Waals surface area contributed by atoms with Crippen LogP contribution in [0.1, 0.15) is 23.4 Å². The summed E-state index contributed by atoms with van der Waals surface area (Å²) in [4.78, 5) is 14.6. The lowest BCUT2D eigenvalue weighted by molar-refractivity contribution is -0.274. The second-order valence-electron chi connectivity index (χ2n) is 3.71. The van der Waals surface area contributed by atoms with Gasteiger partial charge in [0.05, 0.1) is 25.1 Å². The molecule has 0 fully saturated rings. The molecule has 0 radical (unpaired) electrons. The number of methoxy groups -OCH3 is 1. The van der Waals surface area contributed by atoms with Crippen LogP contribution in [-0.4, -0.2) is 24.4 Å². The molecule has 1 rings (SSSR count). The minimum Gasteiger partial charge on any atom is -0.469 e. The number of ether oxygens (including phenoxy) is 2. The fourth-order valence-electron chi connectivity index (χ4n) is 1.44. The van der Waals surface area contributed by atoms with Crippen molar-refractivity contribution in [3.05, 3.63) is 23.0 Å². The van der Waals surface area contributed by atoms with E-state index in [9.17, 15) is 26.7 Å². The Morgan fingerprint density at radius 3 is 2.48 bits per heavy atom. The largest absolute Gasteiger partial charge is 0.573 e. The molecule has 0 aliphatic rings. The van der Waals surface area contributed by atoms with E-state index in [1.807, 2.05) is 0 Å². The van der Waals surface area contributed by atoms with Gasteiger partial charge in [0.15, 0.2) is 0 Å². The third-order valence-electron chi connectivity index (χ3n) is 2.31. The van der Waals surface area contributed by atoms with Crippen LogP contribution in [0.2, 0.25) is 0 Å². The summed E-state index contributed by atoms with van der Waals surface area (Å²) < 4.78 is 70.2. The van der Waals surface area contributed by atoms with Gasteiger partial charge >= 0.3 is 12.3 Å². The monoisotopic (exact) mass is 333 g/mol. The maximum Gasteiger partial charge on any atom is 0.573 e. The first kappa shape index (κ1) is 17.4. The Labute approximate surface area is 120 Å². The van der Waals surface area contributed by atoms with Crippen molar-refractivity contribution in [2.24, 2.45) is 0 Å². The third-order valence-corrected chi connectivity index (χ3v) is 2.58. The van der Waals surface area contributed by atoms with Crippen LogP contribution in [0.5, 0.6) is 5.75 Å². The van der Waals surface area contributed by atoms with Gasteiger partial charge in [-0.2, -0.15) is 0 Å². The fourth-order valence-corrected chi connectivity index (χ4v) is 1.73. The highest BCUT2D eigenvalue weighted by Crippen LogP contribution is 2.33. The Kier molecular flexibility index (Phi) is 5.70. The van der Waals surface area contributed by atoms with Crippen molar-refractivity contribution in [2.45, 2.75) is 25.1 Å². The van der Waals surface area contributed by atoms with Crippen molar-refractivity contribution >= 4 is 17.6 Å². The number of carbonyl (C=O) groups is 1.